The molecular formula is C24H31N3. The molecule has 0 saturated carbocycles. The van der Waals surface area contributed by atoms with Gasteiger partial charge in [-0.3, -0.25) is 0 Å². The summed E-state index contributed by atoms with van der Waals surface area (Å²) in [5, 5.41) is 4.95. The standard InChI is InChI=1S/C24H31N3/c1-17(2)20-14-11-15-21(18(3)4)22(20)26-16-27(24(5,6)7)25-23(26)19-12-9-8-10-13-19/h8-15,17-18H,1-7H3. The van der Waals surface area contributed by atoms with E-state index in [-0.39, 0.29) is 5.54 Å². The van der Waals surface area contributed by atoms with E-state index in [0.29, 0.717) is 11.8 Å². The lowest BCUT2D eigenvalue weighted by molar-refractivity contribution is -0.807. The predicted octanol–water partition coefficient (Wildman–Crippen LogP) is 5.63. The maximum atomic E-state index is 4.95. The Morgan fingerprint density at radius 3 is 1.89 bits per heavy atom. The zero-order valence-corrected chi connectivity index (χ0v) is 17.6. The van der Waals surface area contributed by atoms with Crippen LogP contribution in [0.1, 0.15) is 71.4 Å². The van der Waals surface area contributed by atoms with Gasteiger partial charge in [-0.2, -0.15) is 4.68 Å². The Bertz CT molecular complexity index is 886. The van der Waals surface area contributed by atoms with Gasteiger partial charge in [0.15, 0.2) is 5.82 Å². The number of para-hydroxylation sites is 1. The van der Waals surface area contributed by atoms with Crippen LogP contribution in [0.2, 0.25) is 0 Å². The van der Waals surface area contributed by atoms with Crippen molar-refractivity contribution < 1.29 is 4.68 Å². The van der Waals surface area contributed by atoms with Gasteiger partial charge < -0.3 is 4.57 Å². The molecule has 3 aromatic rings. The summed E-state index contributed by atoms with van der Waals surface area (Å²) in [6, 6.07) is 17.0. The van der Waals surface area contributed by atoms with Gasteiger partial charge in [0.05, 0.1) is 0 Å². The zero-order valence-electron chi connectivity index (χ0n) is 17.6. The van der Waals surface area contributed by atoms with E-state index in [1.54, 1.807) is 0 Å². The van der Waals surface area contributed by atoms with Gasteiger partial charge in [-0.15, -0.1) is 5.10 Å². The SMILES string of the molecule is CC(C)c1cccc(C(C)C)c1-n1[c-][n+](C(C)(C)C)nc1-c1ccccc1. The molecule has 0 aliphatic rings. The maximum absolute atomic E-state index is 4.95. The number of aromatic nitrogens is 3. The Kier molecular flexibility index (Phi) is 5.23. The Morgan fingerprint density at radius 1 is 0.852 bits per heavy atom. The lowest BCUT2D eigenvalue weighted by Crippen LogP contribution is -2.51. The summed E-state index contributed by atoms with van der Waals surface area (Å²) in [4.78, 5) is 0. The largest absolute Gasteiger partial charge is 0.336 e. The van der Waals surface area contributed by atoms with Crippen LogP contribution in [-0.4, -0.2) is 9.67 Å². The highest BCUT2D eigenvalue weighted by Gasteiger charge is 2.24. The molecule has 0 aliphatic heterocycles. The highest BCUT2D eigenvalue weighted by molar-refractivity contribution is 5.61. The second-order valence-electron chi connectivity index (χ2n) is 8.80. The molecule has 0 aliphatic carbocycles. The van der Waals surface area contributed by atoms with Gasteiger partial charge in [-0.1, -0.05) is 87.4 Å². The van der Waals surface area contributed by atoms with Crippen molar-refractivity contribution in [2.45, 2.75) is 65.8 Å². The second kappa shape index (κ2) is 7.30. The zero-order chi connectivity index (χ0) is 19.8. The lowest BCUT2D eigenvalue weighted by Gasteiger charge is -2.23. The van der Waals surface area contributed by atoms with Gasteiger partial charge >= 0.3 is 0 Å². The molecule has 0 N–H and O–H groups in total. The minimum Gasteiger partial charge on any atom is -0.336 e. The van der Waals surface area contributed by atoms with E-state index in [0.717, 1.165) is 11.4 Å². The predicted molar refractivity (Wildman–Crippen MR) is 111 cm³/mol. The molecule has 0 amide bonds. The number of hydrogen-bond donors (Lipinski definition) is 0. The normalized spacial score (nSPS) is 12.2. The average molecular weight is 362 g/mol. The average Bonchev–Trinajstić information content (AvgIpc) is 3.07. The topological polar surface area (TPSA) is 21.7 Å². The molecule has 3 nitrogen and oxygen atoms in total. The van der Waals surface area contributed by atoms with Crippen molar-refractivity contribution in [3.05, 3.63) is 66.0 Å². The molecule has 3 rings (SSSR count). The van der Waals surface area contributed by atoms with Crippen molar-refractivity contribution in [2.24, 2.45) is 0 Å². The van der Waals surface area contributed by atoms with Gasteiger partial charge in [0, 0.05) is 5.69 Å². The Balaban J connectivity index is 2.37. The highest BCUT2D eigenvalue weighted by Crippen LogP contribution is 2.33. The molecule has 0 saturated heterocycles. The number of benzene rings is 2. The Morgan fingerprint density at radius 2 is 1.41 bits per heavy atom. The first-order valence-electron chi connectivity index (χ1n) is 9.83. The first-order valence-corrected chi connectivity index (χ1v) is 9.83. The minimum atomic E-state index is -0.139. The summed E-state index contributed by atoms with van der Waals surface area (Å²) < 4.78 is 4.13. The van der Waals surface area contributed by atoms with Gasteiger partial charge in [-0.05, 0) is 38.2 Å². The smallest absolute Gasteiger partial charge is 0.235 e. The van der Waals surface area contributed by atoms with Crippen molar-refractivity contribution >= 4 is 0 Å². The Labute approximate surface area is 163 Å². The van der Waals surface area contributed by atoms with Crippen LogP contribution in [0.3, 0.4) is 0 Å². The molecule has 0 bridgehead atoms. The van der Waals surface area contributed by atoms with E-state index < -0.39 is 0 Å². The highest BCUT2D eigenvalue weighted by atomic mass is 15.4. The third-order valence-corrected chi connectivity index (χ3v) is 4.83. The van der Waals surface area contributed by atoms with Gasteiger partial charge in [0.1, 0.15) is 5.54 Å². The van der Waals surface area contributed by atoms with E-state index in [9.17, 15) is 0 Å². The summed E-state index contributed by atoms with van der Waals surface area (Å²) >= 11 is 0. The first kappa shape index (κ1) is 19.3. The molecule has 0 spiro atoms. The van der Waals surface area contributed by atoms with Crippen LogP contribution >= 0.6 is 0 Å². The monoisotopic (exact) mass is 361 g/mol. The van der Waals surface area contributed by atoms with E-state index in [1.165, 1.54) is 16.8 Å². The summed E-state index contributed by atoms with van der Waals surface area (Å²) in [6.45, 7) is 15.5. The Hall–Kier alpha value is -2.42. The van der Waals surface area contributed by atoms with E-state index in [1.807, 2.05) is 10.7 Å². The third kappa shape index (κ3) is 3.83. The minimum absolute atomic E-state index is 0.139. The summed E-state index contributed by atoms with van der Waals surface area (Å²) in [5.41, 5.74) is 4.84. The molecule has 0 fully saturated rings. The fourth-order valence-corrected chi connectivity index (χ4v) is 3.30. The molecule has 0 radical (unpaired) electrons. The van der Waals surface area contributed by atoms with E-state index >= 15 is 0 Å². The molecule has 1 heterocycles. The lowest BCUT2D eigenvalue weighted by atomic mass is 9.92. The molecule has 1 aromatic heterocycles. The summed E-state index contributed by atoms with van der Waals surface area (Å²) in [6.07, 6.45) is 3.55. The summed E-state index contributed by atoms with van der Waals surface area (Å²) in [7, 11) is 0. The van der Waals surface area contributed by atoms with Crippen LogP contribution in [0, 0.1) is 6.33 Å². The molecule has 0 atom stereocenters. The van der Waals surface area contributed by atoms with Crippen LogP contribution in [0.25, 0.3) is 17.1 Å². The number of rotatable bonds is 4. The van der Waals surface area contributed by atoms with Crippen LogP contribution in [0.15, 0.2) is 48.5 Å². The molecule has 3 heteroatoms. The van der Waals surface area contributed by atoms with Crippen molar-refractivity contribution in [3.63, 3.8) is 0 Å². The van der Waals surface area contributed by atoms with Crippen LogP contribution in [-0.2, 0) is 5.54 Å². The van der Waals surface area contributed by atoms with Crippen LogP contribution in [0.5, 0.6) is 0 Å². The van der Waals surface area contributed by atoms with Gasteiger partial charge in [-0.25, -0.2) is 0 Å². The molecule has 27 heavy (non-hydrogen) atoms. The maximum Gasteiger partial charge on any atom is 0.235 e. The molecule has 142 valence electrons. The fraction of sp³-hybridized carbons (Fsp3) is 0.417. The van der Waals surface area contributed by atoms with Crippen molar-refractivity contribution in [2.75, 3.05) is 0 Å². The fourth-order valence-electron chi connectivity index (χ4n) is 3.30. The molecule has 0 unspecified atom stereocenters. The van der Waals surface area contributed by atoms with Crippen LogP contribution < -0.4 is 4.68 Å². The van der Waals surface area contributed by atoms with E-state index in [2.05, 4.69) is 102 Å². The third-order valence-electron chi connectivity index (χ3n) is 4.83. The van der Waals surface area contributed by atoms with Crippen molar-refractivity contribution in [1.29, 1.82) is 0 Å². The van der Waals surface area contributed by atoms with Gasteiger partial charge in [0.25, 0.3) is 0 Å². The first-order chi connectivity index (χ1) is 12.7. The van der Waals surface area contributed by atoms with Gasteiger partial charge in [0.2, 0.25) is 6.33 Å². The molecule has 2 aromatic carbocycles. The van der Waals surface area contributed by atoms with Crippen molar-refractivity contribution in [1.82, 2.24) is 9.67 Å². The van der Waals surface area contributed by atoms with Crippen molar-refractivity contribution in [3.8, 4) is 17.1 Å². The van der Waals surface area contributed by atoms with E-state index in [4.69, 9.17) is 5.10 Å². The number of nitrogens with zero attached hydrogens (tertiary/aromatic N) is 3. The van der Waals surface area contributed by atoms with Crippen LogP contribution in [0.4, 0.5) is 0 Å². The number of hydrogen-bond acceptors (Lipinski definition) is 1. The molecular weight excluding hydrogens is 330 g/mol. The second-order valence-corrected chi connectivity index (χ2v) is 8.80. The summed E-state index contributed by atoms with van der Waals surface area (Å²) in [5.74, 6) is 1.77. The quantitative estimate of drug-likeness (QED) is 0.436.